The van der Waals surface area contributed by atoms with E-state index in [2.05, 4.69) is 144 Å². The molecule has 1 aromatic carbocycles. The lowest BCUT2D eigenvalue weighted by Gasteiger charge is -2.36. The fraction of sp³-hybridized carbons (Fsp3) is 0.734. The van der Waals surface area contributed by atoms with E-state index in [1.807, 2.05) is 16.0 Å². The molecule has 4 rings (SSSR count). The van der Waals surface area contributed by atoms with Crippen molar-refractivity contribution in [2.24, 2.45) is 23.2 Å². The third-order valence-corrected chi connectivity index (χ3v) is 17.7. The molecule has 1 aliphatic carbocycles. The van der Waals surface area contributed by atoms with Crippen molar-refractivity contribution in [2.75, 3.05) is 80.0 Å². The minimum atomic E-state index is -0.669. The number of aryl methyl sites for hydroxylation is 4. The van der Waals surface area contributed by atoms with E-state index < -0.39 is 12.2 Å². The molecule has 1 amide bonds. The zero-order valence-electron chi connectivity index (χ0n) is 50.3. The number of likely N-dealkylation sites (N-methyl/N-ethyl adjacent to an activating group) is 1. The summed E-state index contributed by atoms with van der Waals surface area (Å²) >= 11 is 1.82. The second-order valence-electron chi connectivity index (χ2n) is 23.2. The number of carbonyl (C=O) groups is 1. The number of aromatic nitrogens is 3. The number of aliphatic hydroxyl groups excluding tert-OH is 2. The van der Waals surface area contributed by atoms with E-state index in [1.54, 1.807) is 0 Å². The molecule has 442 valence electrons. The van der Waals surface area contributed by atoms with Gasteiger partial charge in [0.25, 0.3) is 0 Å². The number of hydrogen-bond donors (Lipinski definition) is 3. The number of fused-ring (bicyclic) bond motifs is 1. The Labute approximate surface area is 477 Å². The van der Waals surface area contributed by atoms with Gasteiger partial charge in [0.05, 0.1) is 57.5 Å². The van der Waals surface area contributed by atoms with Gasteiger partial charge in [0.1, 0.15) is 0 Å². The molecule has 7 atom stereocenters. The van der Waals surface area contributed by atoms with E-state index in [-0.39, 0.29) is 17.2 Å². The van der Waals surface area contributed by atoms with Crippen LogP contribution >= 0.6 is 11.3 Å². The van der Waals surface area contributed by atoms with Crippen molar-refractivity contribution in [1.82, 2.24) is 30.1 Å². The minimum absolute atomic E-state index is 0.0141. The molecule has 7 unspecified atom stereocenters. The Balaban J connectivity index is 0.991. The second-order valence-corrected chi connectivity index (χ2v) is 24.3. The van der Waals surface area contributed by atoms with Gasteiger partial charge in [0.2, 0.25) is 5.91 Å². The first kappa shape index (κ1) is 67.0. The number of ether oxygens (including phenoxy) is 4. The predicted octanol–water partition coefficient (Wildman–Crippen LogP) is 12.0. The molecule has 2 heterocycles. The maximum absolute atomic E-state index is 13.0. The predicted molar refractivity (Wildman–Crippen MR) is 323 cm³/mol. The van der Waals surface area contributed by atoms with E-state index in [0.29, 0.717) is 96.0 Å². The molecule has 78 heavy (non-hydrogen) atoms. The fourth-order valence-corrected chi connectivity index (χ4v) is 11.9. The zero-order valence-corrected chi connectivity index (χ0v) is 51.1. The molecule has 3 aromatic rings. The van der Waals surface area contributed by atoms with Crippen LogP contribution in [0.3, 0.4) is 0 Å². The number of benzene rings is 1. The van der Waals surface area contributed by atoms with Crippen molar-refractivity contribution < 1.29 is 34.0 Å². The van der Waals surface area contributed by atoms with Crippen LogP contribution in [0.15, 0.2) is 61.5 Å². The number of aliphatic hydroxyl groups is 2. The summed E-state index contributed by atoms with van der Waals surface area (Å²) in [5, 5.41) is 34.4. The number of allylic oxidation sites excluding steroid dienone is 4. The van der Waals surface area contributed by atoms with Gasteiger partial charge in [-0.05, 0) is 145 Å². The van der Waals surface area contributed by atoms with Gasteiger partial charge in [-0.3, -0.25) is 9.48 Å². The standard InChI is InChI=1S/C64H108N6O7S/c1-12-15-31-64(9,14-3)47-51(7)68(10)34-38-76-40-42-77-41-39-75-36-23-20-24-57-48-70(67-66-57)33-21-18-16-17-19-22-35-74-37-32-65-61(72)30-29-58-46-59-56(44-53-43-54(13-2)62(73)60(71)45-53)28-27-55(63(59)78-58)26-25-50(6)69(11)52(8)49(4)5/h14-15,27-28,31,46,48-49,51-54,60,62,71,73H,3,6,12-13,16-26,29-30,32-45,47H2,1-2,4-5,7-11H3,(H,65,72). The Morgan fingerprint density at radius 1 is 0.872 bits per heavy atom. The molecule has 0 spiro atoms. The summed E-state index contributed by atoms with van der Waals surface area (Å²) in [5.74, 6) is 1.05. The van der Waals surface area contributed by atoms with Crippen molar-refractivity contribution in [1.29, 1.82) is 0 Å². The van der Waals surface area contributed by atoms with Gasteiger partial charge in [0.15, 0.2) is 0 Å². The first-order valence-corrected chi connectivity index (χ1v) is 31.2. The third kappa shape index (κ3) is 24.7. The number of amides is 1. The topological polar surface area (TPSA) is 144 Å². The maximum Gasteiger partial charge on any atom is 0.220 e. The summed E-state index contributed by atoms with van der Waals surface area (Å²) in [4.78, 5) is 18.9. The van der Waals surface area contributed by atoms with Crippen LogP contribution in [-0.4, -0.2) is 145 Å². The largest absolute Gasteiger partial charge is 0.390 e. The fourth-order valence-electron chi connectivity index (χ4n) is 10.6. The molecule has 0 bridgehead atoms. The number of nitrogens with zero attached hydrogens (tertiary/aromatic N) is 5. The molecular weight excluding hydrogens is 997 g/mol. The van der Waals surface area contributed by atoms with Gasteiger partial charge in [-0.2, -0.15) is 0 Å². The van der Waals surface area contributed by atoms with E-state index in [1.165, 1.54) is 45.4 Å². The molecule has 0 saturated heterocycles. The quantitative estimate of drug-likeness (QED) is 0.0368. The lowest BCUT2D eigenvalue weighted by molar-refractivity contribution is -0.121. The highest BCUT2D eigenvalue weighted by atomic mass is 32.1. The van der Waals surface area contributed by atoms with Crippen LogP contribution in [0.2, 0.25) is 0 Å². The van der Waals surface area contributed by atoms with Crippen LogP contribution in [0.1, 0.15) is 166 Å². The molecule has 0 radical (unpaired) electrons. The molecule has 3 N–H and O–H groups in total. The third-order valence-electron chi connectivity index (χ3n) is 16.5. The van der Waals surface area contributed by atoms with Crippen LogP contribution in [0, 0.1) is 23.2 Å². The van der Waals surface area contributed by atoms with Crippen molar-refractivity contribution in [3.8, 4) is 0 Å². The summed E-state index contributed by atoms with van der Waals surface area (Å²) in [6, 6.07) is 7.74. The highest BCUT2D eigenvalue weighted by Crippen LogP contribution is 2.39. The van der Waals surface area contributed by atoms with Gasteiger partial charge in [-0.15, -0.1) is 23.0 Å². The van der Waals surface area contributed by atoms with E-state index in [0.717, 1.165) is 115 Å². The molecule has 14 heteroatoms. The SMILES string of the molecule is C=CC(C)(C=CCC)CC(C)N(C)CCOCCOCCOCCCCc1cn(CCCCCCCCOCCNC(=O)CCc2cc3c(CC4CC(O)C(O)C(CC)C4)ccc(CCC(=C)N(C)C(C)C(C)C)c3s2)nn1. The monoisotopic (exact) mass is 1100 g/mol. The summed E-state index contributed by atoms with van der Waals surface area (Å²) in [5.41, 5.74) is 4.84. The van der Waals surface area contributed by atoms with Crippen LogP contribution in [0.4, 0.5) is 0 Å². The van der Waals surface area contributed by atoms with Crippen LogP contribution in [0.25, 0.3) is 10.1 Å². The van der Waals surface area contributed by atoms with Crippen molar-refractivity contribution in [3.63, 3.8) is 0 Å². The van der Waals surface area contributed by atoms with Crippen molar-refractivity contribution in [2.45, 2.75) is 201 Å². The molecule has 1 aliphatic rings. The first-order chi connectivity index (χ1) is 37.6. The molecule has 13 nitrogen and oxygen atoms in total. The molecular formula is C64H108N6O7S. The Kier molecular flexibility index (Phi) is 32.3. The summed E-state index contributed by atoms with van der Waals surface area (Å²) in [6.07, 6.45) is 25.4. The Morgan fingerprint density at radius 3 is 2.24 bits per heavy atom. The van der Waals surface area contributed by atoms with Crippen LogP contribution in [-0.2, 0) is 56.0 Å². The average Bonchev–Trinajstić information content (AvgIpc) is 4.09. The van der Waals surface area contributed by atoms with E-state index in [4.69, 9.17) is 18.9 Å². The number of hydrogen-bond acceptors (Lipinski definition) is 12. The summed E-state index contributed by atoms with van der Waals surface area (Å²) in [7, 11) is 4.31. The van der Waals surface area contributed by atoms with Gasteiger partial charge in [-0.25, -0.2) is 0 Å². The van der Waals surface area contributed by atoms with Gasteiger partial charge >= 0.3 is 0 Å². The van der Waals surface area contributed by atoms with Crippen molar-refractivity contribution in [3.05, 3.63) is 83.2 Å². The molecule has 1 saturated carbocycles. The maximum atomic E-state index is 13.0. The highest BCUT2D eigenvalue weighted by Gasteiger charge is 2.35. The normalized spacial score (nSPS) is 18.5. The van der Waals surface area contributed by atoms with Gasteiger partial charge in [-0.1, -0.05) is 109 Å². The number of thiophene rings is 1. The Bertz CT molecular complexity index is 2160. The highest BCUT2D eigenvalue weighted by molar-refractivity contribution is 7.19. The molecule has 1 fully saturated rings. The minimum Gasteiger partial charge on any atom is -0.390 e. The first-order valence-electron chi connectivity index (χ1n) is 30.4. The van der Waals surface area contributed by atoms with Crippen molar-refractivity contribution >= 4 is 27.3 Å². The molecule has 0 aliphatic heterocycles. The number of nitrogens with one attached hydrogen (secondary N) is 1. The molecule has 2 aromatic heterocycles. The summed E-state index contributed by atoms with van der Waals surface area (Å²) in [6.45, 7) is 31.4. The van der Waals surface area contributed by atoms with Crippen LogP contribution < -0.4 is 5.32 Å². The number of rotatable bonds is 44. The second kappa shape index (κ2) is 37.5. The zero-order chi connectivity index (χ0) is 56.7. The van der Waals surface area contributed by atoms with Gasteiger partial charge in [0, 0.05) is 85.3 Å². The lowest BCUT2D eigenvalue weighted by Crippen LogP contribution is -2.41. The van der Waals surface area contributed by atoms with Crippen LogP contribution in [0.5, 0.6) is 0 Å². The number of unbranched alkanes of at least 4 members (excludes halogenated alkanes) is 6. The lowest BCUT2D eigenvalue weighted by atomic mass is 9.74. The van der Waals surface area contributed by atoms with E-state index in [9.17, 15) is 15.0 Å². The Morgan fingerprint density at radius 2 is 1.54 bits per heavy atom. The van der Waals surface area contributed by atoms with Gasteiger partial charge < -0.3 is 44.3 Å². The Hall–Kier alpha value is -3.47. The van der Waals surface area contributed by atoms with E-state index >= 15 is 0 Å². The average molecular weight is 1110 g/mol. The summed E-state index contributed by atoms with van der Waals surface area (Å²) < 4.78 is 26.5. The smallest absolute Gasteiger partial charge is 0.220 e. The number of carbonyl (C=O) groups excluding carboxylic acids is 1.